The number of nitrogens with one attached hydrogen (secondary N) is 4. The van der Waals surface area contributed by atoms with Crippen LogP contribution in [-0.2, 0) is 54.3 Å². The van der Waals surface area contributed by atoms with Crippen LogP contribution in [0.3, 0.4) is 0 Å². The standard InChI is InChI=1S/C46H55N7O11/c1-29-43(60)53-26-16-20-35(53)46(63)64-28-33(44(61)52-25-15-19-34(52)45(62)51(3)30(2)41(58)47-29)49-42(59)32(27-31-17-11-10-12-18-31)48-38(56)21-13-8-6-4-5-7-9-14-22-39(57)50-40-36(54)23-24-37(40)55/h4-14,17-18,21-22,29-30,32-35,54H,15-16,19-20,23-28H2,1-3H3,(H,47,58)(H,48,56)(H,49,59)(H,50,57)/b5-4+,8-6+,9-7+,21-13+,22-14+/t29-,30-,32-,33-,34-,35-/m0/s1. The Bertz CT molecular complexity index is 2160. The van der Waals surface area contributed by atoms with Gasteiger partial charge in [-0.2, -0.15) is 0 Å². The van der Waals surface area contributed by atoms with Gasteiger partial charge in [0.25, 0.3) is 0 Å². The average molecular weight is 882 g/mol. The molecule has 0 bridgehead atoms. The lowest BCUT2D eigenvalue weighted by atomic mass is 10.0. The van der Waals surface area contributed by atoms with Crippen molar-refractivity contribution >= 4 is 53.1 Å². The van der Waals surface area contributed by atoms with Gasteiger partial charge in [-0.1, -0.05) is 78.9 Å². The summed E-state index contributed by atoms with van der Waals surface area (Å²) in [6.45, 7) is 2.79. The summed E-state index contributed by atoms with van der Waals surface area (Å²) in [5.74, 6) is -5.50. The second-order valence-electron chi connectivity index (χ2n) is 15.8. The Morgan fingerprint density at radius 1 is 0.797 bits per heavy atom. The lowest BCUT2D eigenvalue weighted by Crippen LogP contribution is -2.60. The van der Waals surface area contributed by atoms with Crippen LogP contribution in [0, 0.1) is 0 Å². The van der Waals surface area contributed by atoms with Crippen LogP contribution in [0.15, 0.2) is 103 Å². The molecule has 340 valence electrons. The summed E-state index contributed by atoms with van der Waals surface area (Å²) in [6.07, 6.45) is 17.0. The molecule has 4 aliphatic rings. The molecule has 18 nitrogen and oxygen atoms in total. The Hall–Kier alpha value is -7.11. The molecule has 0 unspecified atom stereocenters. The maximum Gasteiger partial charge on any atom is 0.328 e. The highest BCUT2D eigenvalue weighted by Gasteiger charge is 2.43. The number of hydrogen-bond acceptors (Lipinski definition) is 11. The first-order valence-corrected chi connectivity index (χ1v) is 21.3. The predicted molar refractivity (Wildman–Crippen MR) is 232 cm³/mol. The maximum absolute atomic E-state index is 14.3. The Kier molecular flexibility index (Phi) is 17.1. The molecule has 18 heteroatoms. The number of aliphatic hydroxyl groups excluding tert-OH is 1. The number of carbonyl (C=O) groups excluding carboxylic acids is 9. The number of ether oxygens (including phenoxy) is 1. The third-order valence-electron chi connectivity index (χ3n) is 11.3. The molecule has 3 saturated heterocycles. The van der Waals surface area contributed by atoms with E-state index in [0.717, 1.165) is 0 Å². The minimum Gasteiger partial charge on any atom is -0.510 e. The van der Waals surface area contributed by atoms with E-state index in [9.17, 15) is 48.3 Å². The Labute approximate surface area is 371 Å². The highest BCUT2D eigenvalue weighted by Crippen LogP contribution is 2.24. The number of benzene rings is 1. The zero-order chi connectivity index (χ0) is 46.3. The molecule has 1 aromatic rings. The highest BCUT2D eigenvalue weighted by molar-refractivity contribution is 6.03. The number of likely N-dealkylation sites (N-methyl/N-ethyl adjacent to an activating group) is 1. The van der Waals surface area contributed by atoms with Crippen molar-refractivity contribution in [3.8, 4) is 0 Å². The largest absolute Gasteiger partial charge is 0.510 e. The summed E-state index contributed by atoms with van der Waals surface area (Å²) in [5, 5.41) is 20.1. The molecule has 6 atom stereocenters. The van der Waals surface area contributed by atoms with Crippen LogP contribution in [-0.4, -0.2) is 136 Å². The number of carbonyl (C=O) groups is 9. The summed E-state index contributed by atoms with van der Waals surface area (Å²) in [4.78, 5) is 123. The van der Waals surface area contributed by atoms with E-state index in [-0.39, 0.29) is 62.4 Å². The first-order valence-electron chi connectivity index (χ1n) is 21.3. The van der Waals surface area contributed by atoms with Crippen molar-refractivity contribution in [2.45, 2.75) is 95.0 Å². The molecule has 0 saturated carbocycles. The number of ketones is 1. The van der Waals surface area contributed by atoms with Crippen LogP contribution in [0.2, 0.25) is 0 Å². The van der Waals surface area contributed by atoms with Crippen LogP contribution >= 0.6 is 0 Å². The van der Waals surface area contributed by atoms with Crippen molar-refractivity contribution in [2.75, 3.05) is 26.7 Å². The van der Waals surface area contributed by atoms with Gasteiger partial charge in [0.05, 0.1) is 0 Å². The fourth-order valence-electron chi connectivity index (χ4n) is 7.62. The number of allylic oxidation sites excluding steroid dienone is 10. The minimum atomic E-state index is -1.48. The van der Waals surface area contributed by atoms with E-state index in [2.05, 4.69) is 21.3 Å². The van der Waals surface area contributed by atoms with E-state index in [1.807, 2.05) is 0 Å². The Morgan fingerprint density at radius 3 is 2.02 bits per heavy atom. The van der Waals surface area contributed by atoms with Crippen molar-refractivity contribution < 1.29 is 53.0 Å². The van der Waals surface area contributed by atoms with E-state index in [1.54, 1.807) is 66.8 Å². The molecular weight excluding hydrogens is 827 g/mol. The van der Waals surface area contributed by atoms with Crippen LogP contribution in [0.1, 0.15) is 57.9 Å². The number of nitrogens with zero attached hydrogens (tertiary/aromatic N) is 3. The number of rotatable bonds is 12. The van der Waals surface area contributed by atoms with Crippen molar-refractivity contribution in [3.05, 3.63) is 108 Å². The third kappa shape index (κ3) is 12.7. The predicted octanol–water partition coefficient (Wildman–Crippen LogP) is 1.12. The first-order chi connectivity index (χ1) is 30.7. The summed E-state index contributed by atoms with van der Waals surface area (Å²) in [7, 11) is 1.44. The molecule has 1 aliphatic carbocycles. The van der Waals surface area contributed by atoms with Gasteiger partial charge in [-0.05, 0) is 45.1 Å². The molecule has 0 radical (unpaired) electrons. The second-order valence-corrected chi connectivity index (χ2v) is 15.8. The SMILES string of the molecule is C[C@@H]1NC(=O)[C@H](C)N(C)C(=O)[C@@H]2CCCN2C(=O)[C@@H](NC(=O)[C@H](Cc2ccccc2)NC(=O)/C=C/C=C/C=C/C=C/C=C/C(=O)NC2=C(O)CCC2=O)COC(=O)[C@@H]2CCCN2C1=O. The first kappa shape index (κ1) is 47.9. The molecule has 1 aromatic carbocycles. The van der Waals surface area contributed by atoms with Gasteiger partial charge in [0, 0.05) is 51.6 Å². The molecule has 3 fully saturated rings. The number of amides is 7. The average Bonchev–Trinajstić information content (AvgIpc) is 4.05. The van der Waals surface area contributed by atoms with E-state index in [0.29, 0.717) is 18.4 Å². The molecule has 3 aliphatic heterocycles. The van der Waals surface area contributed by atoms with Gasteiger partial charge in [0.1, 0.15) is 54.3 Å². The van der Waals surface area contributed by atoms with Gasteiger partial charge in [0.2, 0.25) is 41.4 Å². The Balaban J connectivity index is 1.27. The van der Waals surface area contributed by atoms with Gasteiger partial charge in [0.15, 0.2) is 5.78 Å². The zero-order valence-corrected chi connectivity index (χ0v) is 36.1. The minimum absolute atomic E-state index is 0.0271. The fourth-order valence-corrected chi connectivity index (χ4v) is 7.62. The quantitative estimate of drug-likeness (QED) is 0.113. The molecule has 3 heterocycles. The summed E-state index contributed by atoms with van der Waals surface area (Å²) in [5.41, 5.74) is 0.617. The number of Topliss-reactive ketones (excluding diaryl/α,β-unsaturated/α-hetero) is 1. The van der Waals surface area contributed by atoms with Gasteiger partial charge >= 0.3 is 5.97 Å². The number of esters is 1. The van der Waals surface area contributed by atoms with Crippen LogP contribution < -0.4 is 21.3 Å². The summed E-state index contributed by atoms with van der Waals surface area (Å²) in [6, 6.07) is 2.21. The highest BCUT2D eigenvalue weighted by atomic mass is 16.5. The second kappa shape index (κ2) is 22.8. The van der Waals surface area contributed by atoms with E-state index < -0.39 is 90.2 Å². The fraction of sp³-hybridized carbons (Fsp3) is 0.413. The lowest BCUT2D eigenvalue weighted by molar-refractivity contribution is -0.158. The van der Waals surface area contributed by atoms with Crippen LogP contribution in [0.4, 0.5) is 0 Å². The number of fused-ring (bicyclic) bond motifs is 2. The maximum atomic E-state index is 14.3. The third-order valence-corrected chi connectivity index (χ3v) is 11.3. The summed E-state index contributed by atoms with van der Waals surface area (Å²) < 4.78 is 5.66. The van der Waals surface area contributed by atoms with Crippen molar-refractivity contribution in [1.82, 2.24) is 36.0 Å². The zero-order valence-electron chi connectivity index (χ0n) is 36.1. The van der Waals surface area contributed by atoms with E-state index in [1.165, 1.54) is 59.9 Å². The van der Waals surface area contributed by atoms with Gasteiger partial charge < -0.3 is 45.8 Å². The van der Waals surface area contributed by atoms with E-state index in [4.69, 9.17) is 4.74 Å². The summed E-state index contributed by atoms with van der Waals surface area (Å²) >= 11 is 0. The number of aliphatic hydroxyl groups is 1. The van der Waals surface area contributed by atoms with E-state index >= 15 is 0 Å². The molecule has 64 heavy (non-hydrogen) atoms. The van der Waals surface area contributed by atoms with Crippen LogP contribution in [0.5, 0.6) is 0 Å². The van der Waals surface area contributed by atoms with Crippen molar-refractivity contribution in [1.29, 1.82) is 0 Å². The molecule has 5 rings (SSSR count). The monoisotopic (exact) mass is 881 g/mol. The Morgan fingerprint density at radius 2 is 1.39 bits per heavy atom. The molecule has 0 aromatic heterocycles. The normalized spacial score (nSPS) is 24.6. The van der Waals surface area contributed by atoms with Gasteiger partial charge in [-0.15, -0.1) is 0 Å². The number of hydrogen-bond donors (Lipinski definition) is 5. The molecule has 0 spiro atoms. The molecular formula is C46H55N7O11. The van der Waals surface area contributed by atoms with Gasteiger partial charge in [-0.25, -0.2) is 4.79 Å². The van der Waals surface area contributed by atoms with Crippen molar-refractivity contribution in [3.63, 3.8) is 0 Å². The van der Waals surface area contributed by atoms with Crippen molar-refractivity contribution in [2.24, 2.45) is 0 Å². The van der Waals surface area contributed by atoms with Crippen LogP contribution in [0.25, 0.3) is 0 Å². The van der Waals surface area contributed by atoms with Gasteiger partial charge in [-0.3, -0.25) is 38.4 Å². The number of cyclic esters (lactones) is 1. The molecule has 7 amide bonds. The smallest absolute Gasteiger partial charge is 0.328 e. The topological polar surface area (TPSA) is 241 Å². The molecule has 5 N–H and O–H groups in total. The lowest BCUT2D eigenvalue weighted by Gasteiger charge is -2.34.